The van der Waals surface area contributed by atoms with Crippen LogP contribution in [-0.4, -0.2) is 34.7 Å². The van der Waals surface area contributed by atoms with Crippen molar-refractivity contribution in [2.75, 3.05) is 17.6 Å². The first-order valence-corrected chi connectivity index (χ1v) is 4.86. The lowest BCUT2D eigenvalue weighted by atomic mass is 10.1. The number of primary amides is 1. The third-order valence-corrected chi connectivity index (χ3v) is 2.18. The number of aromatic carboxylic acids is 1. The van der Waals surface area contributed by atoms with Gasteiger partial charge in [-0.15, -0.1) is 0 Å². The molecule has 1 rings (SSSR count). The maximum absolute atomic E-state index is 13.3. The Hall–Kier alpha value is -2.35. The highest BCUT2D eigenvalue weighted by atomic mass is 19.1. The van der Waals surface area contributed by atoms with Gasteiger partial charge in [-0.1, -0.05) is 0 Å². The van der Waals surface area contributed by atoms with Crippen LogP contribution in [0.15, 0.2) is 12.1 Å². The predicted octanol–water partition coefficient (Wildman–Crippen LogP) is -0.636. The SMILES string of the molecule is NC(=O)C(O)CNc1cc(F)c(C(=O)O)cc1N. The molecule has 0 heterocycles. The van der Waals surface area contributed by atoms with Crippen LogP contribution in [0.4, 0.5) is 15.8 Å². The van der Waals surface area contributed by atoms with E-state index in [0.717, 1.165) is 12.1 Å². The molecule has 0 aliphatic heterocycles. The Balaban J connectivity index is 2.88. The highest BCUT2D eigenvalue weighted by Gasteiger charge is 2.15. The summed E-state index contributed by atoms with van der Waals surface area (Å²) >= 11 is 0. The highest BCUT2D eigenvalue weighted by Crippen LogP contribution is 2.23. The molecule has 0 spiro atoms. The van der Waals surface area contributed by atoms with Crippen molar-refractivity contribution in [1.82, 2.24) is 0 Å². The van der Waals surface area contributed by atoms with E-state index in [4.69, 9.17) is 21.7 Å². The molecule has 18 heavy (non-hydrogen) atoms. The summed E-state index contributed by atoms with van der Waals surface area (Å²) in [7, 11) is 0. The number of hydrogen-bond donors (Lipinski definition) is 5. The second-order valence-electron chi connectivity index (χ2n) is 3.52. The Morgan fingerprint density at radius 2 is 2.06 bits per heavy atom. The zero-order valence-electron chi connectivity index (χ0n) is 9.18. The lowest BCUT2D eigenvalue weighted by molar-refractivity contribution is -0.125. The number of aliphatic hydroxyl groups is 1. The molecule has 0 saturated carbocycles. The van der Waals surface area contributed by atoms with Crippen molar-refractivity contribution in [2.45, 2.75) is 6.10 Å². The summed E-state index contributed by atoms with van der Waals surface area (Å²) in [6.45, 7) is -0.259. The van der Waals surface area contributed by atoms with Crippen LogP contribution in [0.25, 0.3) is 0 Å². The molecule has 0 aliphatic carbocycles. The van der Waals surface area contributed by atoms with Crippen molar-refractivity contribution >= 4 is 23.3 Å². The lowest BCUT2D eigenvalue weighted by Gasteiger charge is -2.12. The number of nitrogens with one attached hydrogen (secondary N) is 1. The molecule has 1 aromatic carbocycles. The van der Waals surface area contributed by atoms with Gasteiger partial charge in [0.15, 0.2) is 0 Å². The minimum absolute atomic E-state index is 0.0227. The fraction of sp³-hybridized carbons (Fsp3) is 0.200. The van der Waals surface area contributed by atoms with Crippen LogP contribution in [0.5, 0.6) is 0 Å². The number of halogens is 1. The van der Waals surface area contributed by atoms with Gasteiger partial charge in [-0.25, -0.2) is 9.18 Å². The van der Waals surface area contributed by atoms with Gasteiger partial charge in [0.2, 0.25) is 5.91 Å². The molecule has 7 nitrogen and oxygen atoms in total. The summed E-state index contributed by atoms with van der Waals surface area (Å²) in [6.07, 6.45) is -1.45. The third kappa shape index (κ3) is 3.08. The minimum Gasteiger partial charge on any atom is -0.478 e. The van der Waals surface area contributed by atoms with Crippen LogP contribution in [0, 0.1) is 5.82 Å². The average molecular weight is 257 g/mol. The van der Waals surface area contributed by atoms with Gasteiger partial charge in [0.05, 0.1) is 16.9 Å². The van der Waals surface area contributed by atoms with Crippen molar-refractivity contribution in [2.24, 2.45) is 5.73 Å². The van der Waals surface area contributed by atoms with Gasteiger partial charge in [-0.3, -0.25) is 4.79 Å². The molecule has 0 aliphatic rings. The maximum atomic E-state index is 13.3. The van der Waals surface area contributed by atoms with E-state index in [1.54, 1.807) is 0 Å². The van der Waals surface area contributed by atoms with Gasteiger partial charge in [-0.2, -0.15) is 0 Å². The number of carbonyl (C=O) groups excluding carboxylic acids is 1. The quantitative estimate of drug-likeness (QED) is 0.445. The Labute approximate surface area is 101 Å². The zero-order valence-corrected chi connectivity index (χ0v) is 9.18. The third-order valence-electron chi connectivity index (χ3n) is 2.18. The molecular weight excluding hydrogens is 245 g/mol. The average Bonchev–Trinajstić information content (AvgIpc) is 2.28. The topological polar surface area (TPSA) is 139 Å². The summed E-state index contributed by atoms with van der Waals surface area (Å²) in [5.74, 6) is -3.36. The number of anilines is 2. The number of benzene rings is 1. The van der Waals surface area contributed by atoms with E-state index in [0.29, 0.717) is 0 Å². The smallest absolute Gasteiger partial charge is 0.338 e. The van der Waals surface area contributed by atoms with Gasteiger partial charge in [-0.05, 0) is 12.1 Å². The summed E-state index contributed by atoms with van der Waals surface area (Å²) in [6, 6.07) is 1.81. The maximum Gasteiger partial charge on any atom is 0.338 e. The highest BCUT2D eigenvalue weighted by molar-refractivity contribution is 5.90. The van der Waals surface area contributed by atoms with Crippen molar-refractivity contribution < 1.29 is 24.2 Å². The summed E-state index contributed by atoms with van der Waals surface area (Å²) in [4.78, 5) is 21.2. The Kier molecular flexibility index (Phi) is 4.05. The minimum atomic E-state index is -1.45. The molecule has 98 valence electrons. The fourth-order valence-electron chi connectivity index (χ4n) is 1.21. The van der Waals surface area contributed by atoms with E-state index in [1.165, 1.54) is 0 Å². The number of amides is 1. The first kappa shape index (κ1) is 13.7. The van der Waals surface area contributed by atoms with Gasteiger partial charge >= 0.3 is 5.97 Å². The summed E-state index contributed by atoms with van der Waals surface area (Å²) in [5.41, 5.74) is 9.80. The monoisotopic (exact) mass is 257 g/mol. The van der Waals surface area contributed by atoms with Gasteiger partial charge in [0.1, 0.15) is 11.9 Å². The number of nitrogens with two attached hydrogens (primary N) is 2. The molecule has 1 atom stereocenters. The van der Waals surface area contributed by atoms with E-state index in [-0.39, 0.29) is 17.9 Å². The van der Waals surface area contributed by atoms with Crippen LogP contribution in [-0.2, 0) is 4.79 Å². The predicted molar refractivity (Wildman–Crippen MR) is 61.5 cm³/mol. The van der Waals surface area contributed by atoms with Crippen molar-refractivity contribution in [3.63, 3.8) is 0 Å². The largest absolute Gasteiger partial charge is 0.478 e. The number of carboxylic acids is 1. The number of carboxylic acid groups (broad SMARTS) is 1. The molecule has 1 amide bonds. The molecule has 0 fully saturated rings. The van der Waals surface area contributed by atoms with Gasteiger partial charge in [0, 0.05) is 6.54 Å². The number of aliphatic hydroxyl groups excluding tert-OH is 1. The molecule has 1 unspecified atom stereocenters. The Morgan fingerprint density at radius 3 is 2.56 bits per heavy atom. The molecule has 0 bridgehead atoms. The van der Waals surface area contributed by atoms with Crippen molar-refractivity contribution in [3.05, 3.63) is 23.5 Å². The summed E-state index contributed by atoms with van der Waals surface area (Å²) in [5, 5.41) is 20.3. The van der Waals surface area contributed by atoms with E-state index >= 15 is 0 Å². The Morgan fingerprint density at radius 1 is 1.44 bits per heavy atom. The van der Waals surface area contributed by atoms with E-state index < -0.39 is 29.4 Å². The van der Waals surface area contributed by atoms with E-state index in [2.05, 4.69) is 5.32 Å². The molecular formula is C10H12FN3O4. The number of carbonyl (C=O) groups is 2. The second kappa shape index (κ2) is 5.32. The first-order valence-electron chi connectivity index (χ1n) is 4.86. The molecule has 0 saturated heterocycles. The van der Waals surface area contributed by atoms with Crippen molar-refractivity contribution in [3.8, 4) is 0 Å². The van der Waals surface area contributed by atoms with Crippen LogP contribution in [0.1, 0.15) is 10.4 Å². The lowest BCUT2D eigenvalue weighted by Crippen LogP contribution is -2.34. The number of nitrogen functional groups attached to an aromatic ring is 1. The number of rotatable bonds is 5. The van der Waals surface area contributed by atoms with E-state index in [1.807, 2.05) is 0 Å². The van der Waals surface area contributed by atoms with Gasteiger partial charge < -0.3 is 27.0 Å². The fourth-order valence-corrected chi connectivity index (χ4v) is 1.21. The molecule has 7 N–H and O–H groups in total. The van der Waals surface area contributed by atoms with Crippen LogP contribution in [0.3, 0.4) is 0 Å². The summed E-state index contributed by atoms with van der Waals surface area (Å²) < 4.78 is 13.3. The zero-order chi connectivity index (χ0) is 13.9. The first-order chi connectivity index (χ1) is 8.32. The van der Waals surface area contributed by atoms with Crippen molar-refractivity contribution in [1.29, 1.82) is 0 Å². The van der Waals surface area contributed by atoms with Crippen LogP contribution >= 0.6 is 0 Å². The molecule has 0 radical (unpaired) electrons. The van der Waals surface area contributed by atoms with Gasteiger partial charge in [0.25, 0.3) is 0 Å². The molecule has 8 heteroatoms. The van der Waals surface area contributed by atoms with Crippen LogP contribution in [0.2, 0.25) is 0 Å². The van der Waals surface area contributed by atoms with E-state index in [9.17, 15) is 14.0 Å². The molecule has 0 aromatic heterocycles. The standard InChI is InChI=1S/C10H12FN3O4/c11-5-2-7(14-3-8(15)9(13)16)6(12)1-4(5)10(17)18/h1-2,8,14-15H,3,12H2,(H2,13,16)(H,17,18). The number of hydrogen-bond acceptors (Lipinski definition) is 5. The second-order valence-corrected chi connectivity index (χ2v) is 3.52. The van der Waals surface area contributed by atoms with Crippen LogP contribution < -0.4 is 16.8 Å². The Bertz CT molecular complexity index is 492. The normalized spacial score (nSPS) is 11.9. The molecule has 1 aromatic rings.